The van der Waals surface area contributed by atoms with Gasteiger partial charge in [-0.25, -0.2) is 4.39 Å². The molecule has 0 amide bonds. The molecule has 2 aromatic rings. The summed E-state index contributed by atoms with van der Waals surface area (Å²) in [5, 5.41) is 10.5. The molecule has 0 saturated heterocycles. The van der Waals surface area contributed by atoms with Gasteiger partial charge in [-0.3, -0.25) is 0 Å². The quantitative estimate of drug-likeness (QED) is 0.808. The monoisotopic (exact) mass is 318 g/mol. The summed E-state index contributed by atoms with van der Waals surface area (Å²) >= 11 is 5.73. The molecule has 1 nitrogen and oxygen atoms in total. The Labute approximate surface area is 123 Å². The van der Waals surface area contributed by atoms with Crippen molar-refractivity contribution in [1.29, 1.82) is 0 Å². The highest BCUT2D eigenvalue weighted by molar-refractivity contribution is 6.30. The van der Waals surface area contributed by atoms with E-state index in [0.29, 0.717) is 17.2 Å². The molecule has 0 aliphatic rings. The van der Waals surface area contributed by atoms with Gasteiger partial charge in [-0.05, 0) is 35.4 Å². The maximum absolute atomic E-state index is 13.4. The molecule has 0 radical (unpaired) electrons. The minimum atomic E-state index is -4.75. The fourth-order valence-corrected chi connectivity index (χ4v) is 2.06. The number of aliphatic hydroxyl groups excluding tert-OH is 1. The molecule has 21 heavy (non-hydrogen) atoms. The predicted molar refractivity (Wildman–Crippen MR) is 71.5 cm³/mol. The molecule has 0 aliphatic carbocycles. The summed E-state index contributed by atoms with van der Waals surface area (Å²) in [5.41, 5.74) is -0.507. The smallest absolute Gasteiger partial charge is 0.388 e. The summed E-state index contributed by atoms with van der Waals surface area (Å²) < 4.78 is 50.8. The molecule has 2 rings (SSSR count). The van der Waals surface area contributed by atoms with Gasteiger partial charge in [-0.15, -0.1) is 0 Å². The van der Waals surface area contributed by atoms with Gasteiger partial charge in [0, 0.05) is 11.4 Å². The largest absolute Gasteiger partial charge is 0.419 e. The fourth-order valence-electron chi connectivity index (χ4n) is 1.93. The Morgan fingerprint density at radius 3 is 2.19 bits per heavy atom. The van der Waals surface area contributed by atoms with Gasteiger partial charge < -0.3 is 5.11 Å². The zero-order valence-corrected chi connectivity index (χ0v) is 11.4. The Morgan fingerprint density at radius 1 is 1.05 bits per heavy atom. The van der Waals surface area contributed by atoms with Crippen molar-refractivity contribution in [2.24, 2.45) is 0 Å². The van der Waals surface area contributed by atoms with Crippen LogP contribution in [0.25, 0.3) is 0 Å². The molecular weight excluding hydrogens is 308 g/mol. The number of rotatable bonds is 3. The van der Waals surface area contributed by atoms with E-state index in [9.17, 15) is 22.7 Å². The number of aliphatic hydroxyl groups is 1. The average molecular weight is 319 g/mol. The van der Waals surface area contributed by atoms with E-state index in [1.54, 1.807) is 24.3 Å². The number of halogens is 5. The van der Waals surface area contributed by atoms with Crippen LogP contribution >= 0.6 is 11.6 Å². The number of hydrogen-bond acceptors (Lipinski definition) is 1. The number of alkyl halides is 3. The van der Waals surface area contributed by atoms with Crippen molar-refractivity contribution in [3.63, 3.8) is 0 Å². The lowest BCUT2D eigenvalue weighted by atomic mass is 10.00. The summed E-state index contributed by atoms with van der Waals surface area (Å²) in [6.07, 6.45) is -5.69. The second-order valence-corrected chi connectivity index (χ2v) is 5.02. The van der Waals surface area contributed by atoms with Gasteiger partial charge in [0.25, 0.3) is 0 Å². The third kappa shape index (κ3) is 3.95. The lowest BCUT2D eigenvalue weighted by molar-refractivity contribution is -0.140. The molecule has 0 aliphatic heterocycles. The van der Waals surface area contributed by atoms with Crippen LogP contribution in [0.2, 0.25) is 5.02 Å². The Morgan fingerprint density at radius 2 is 1.67 bits per heavy atom. The van der Waals surface area contributed by atoms with Crippen LogP contribution in [-0.2, 0) is 12.6 Å². The third-order valence-electron chi connectivity index (χ3n) is 3.03. The summed E-state index contributed by atoms with van der Waals surface area (Å²) in [5.74, 6) is -1.39. The van der Waals surface area contributed by atoms with Gasteiger partial charge >= 0.3 is 6.18 Å². The Bertz CT molecular complexity index is 623. The molecule has 0 saturated carbocycles. The normalized spacial score (nSPS) is 13.2. The molecule has 1 atom stereocenters. The minimum absolute atomic E-state index is 0.0930. The van der Waals surface area contributed by atoms with Gasteiger partial charge in [0.15, 0.2) is 0 Å². The molecule has 0 bridgehead atoms. The molecule has 0 spiro atoms. The van der Waals surface area contributed by atoms with Gasteiger partial charge in [0.2, 0.25) is 0 Å². The molecule has 2 aromatic carbocycles. The van der Waals surface area contributed by atoms with Crippen molar-refractivity contribution in [3.05, 3.63) is 70.0 Å². The van der Waals surface area contributed by atoms with Crippen LogP contribution in [0.5, 0.6) is 0 Å². The van der Waals surface area contributed by atoms with Crippen molar-refractivity contribution in [3.8, 4) is 0 Å². The zero-order valence-electron chi connectivity index (χ0n) is 10.7. The summed E-state index contributed by atoms with van der Waals surface area (Å²) in [6, 6.07) is 9.07. The van der Waals surface area contributed by atoms with Crippen molar-refractivity contribution < 1.29 is 22.7 Å². The van der Waals surface area contributed by atoms with Crippen molar-refractivity contribution >= 4 is 11.6 Å². The average Bonchev–Trinajstić information content (AvgIpc) is 2.39. The van der Waals surface area contributed by atoms with Crippen molar-refractivity contribution in [2.75, 3.05) is 0 Å². The molecular formula is C15H11ClF4O. The Balaban J connectivity index is 2.18. The first kappa shape index (κ1) is 15.8. The lowest BCUT2D eigenvalue weighted by Crippen LogP contribution is -2.10. The van der Waals surface area contributed by atoms with E-state index in [1.807, 2.05) is 0 Å². The van der Waals surface area contributed by atoms with Crippen LogP contribution in [0.1, 0.15) is 22.8 Å². The second kappa shape index (κ2) is 6.03. The van der Waals surface area contributed by atoms with E-state index in [-0.39, 0.29) is 12.0 Å². The molecule has 1 unspecified atom stereocenters. The van der Waals surface area contributed by atoms with E-state index in [4.69, 9.17) is 11.6 Å². The van der Waals surface area contributed by atoms with Crippen LogP contribution in [0.15, 0.2) is 42.5 Å². The highest BCUT2D eigenvalue weighted by Gasteiger charge is 2.34. The van der Waals surface area contributed by atoms with E-state index in [2.05, 4.69) is 0 Å². The highest BCUT2D eigenvalue weighted by atomic mass is 35.5. The fraction of sp³-hybridized carbons (Fsp3) is 0.200. The van der Waals surface area contributed by atoms with E-state index in [1.165, 1.54) is 0 Å². The molecule has 1 N–H and O–H groups in total. The number of hydrogen-bond donors (Lipinski definition) is 1. The first-order chi connectivity index (χ1) is 9.77. The molecule has 6 heteroatoms. The zero-order chi connectivity index (χ0) is 15.6. The van der Waals surface area contributed by atoms with Gasteiger partial charge in [0.1, 0.15) is 5.82 Å². The Hall–Kier alpha value is -1.59. The topological polar surface area (TPSA) is 20.2 Å². The van der Waals surface area contributed by atoms with Crippen molar-refractivity contribution in [2.45, 2.75) is 18.7 Å². The van der Waals surface area contributed by atoms with Gasteiger partial charge in [-0.2, -0.15) is 13.2 Å². The van der Waals surface area contributed by atoms with Crippen LogP contribution in [0.3, 0.4) is 0 Å². The lowest BCUT2D eigenvalue weighted by Gasteiger charge is -2.14. The molecule has 0 fully saturated rings. The van der Waals surface area contributed by atoms with Gasteiger partial charge in [0.05, 0.1) is 11.7 Å². The summed E-state index contributed by atoms with van der Waals surface area (Å²) in [7, 11) is 0. The van der Waals surface area contributed by atoms with Crippen LogP contribution in [-0.4, -0.2) is 5.11 Å². The van der Waals surface area contributed by atoms with Crippen LogP contribution in [0, 0.1) is 5.82 Å². The van der Waals surface area contributed by atoms with Gasteiger partial charge in [-0.1, -0.05) is 29.8 Å². The van der Waals surface area contributed by atoms with Crippen LogP contribution < -0.4 is 0 Å². The maximum atomic E-state index is 13.4. The number of benzene rings is 2. The van der Waals surface area contributed by atoms with E-state index in [0.717, 1.165) is 11.6 Å². The summed E-state index contributed by atoms with van der Waals surface area (Å²) in [6.45, 7) is 0. The summed E-state index contributed by atoms with van der Waals surface area (Å²) in [4.78, 5) is 0. The standard InChI is InChI=1S/C15H11ClF4O/c16-11-4-1-9(2-5-11)7-14(21)10-3-6-12(13(17)8-10)15(18,19)20/h1-6,8,14,21H,7H2. The maximum Gasteiger partial charge on any atom is 0.419 e. The first-order valence-electron chi connectivity index (χ1n) is 6.06. The van der Waals surface area contributed by atoms with Crippen molar-refractivity contribution in [1.82, 2.24) is 0 Å². The SMILES string of the molecule is OC(Cc1ccc(Cl)cc1)c1ccc(C(F)(F)F)c(F)c1. The highest BCUT2D eigenvalue weighted by Crippen LogP contribution is 2.32. The minimum Gasteiger partial charge on any atom is -0.388 e. The second-order valence-electron chi connectivity index (χ2n) is 4.58. The third-order valence-corrected chi connectivity index (χ3v) is 3.28. The molecule has 0 aromatic heterocycles. The first-order valence-corrected chi connectivity index (χ1v) is 6.44. The van der Waals surface area contributed by atoms with E-state index >= 15 is 0 Å². The van der Waals surface area contributed by atoms with E-state index < -0.39 is 23.7 Å². The molecule has 0 heterocycles. The van der Waals surface area contributed by atoms with Crippen LogP contribution in [0.4, 0.5) is 17.6 Å². The Kier molecular flexibility index (Phi) is 4.54. The molecule has 112 valence electrons. The predicted octanol–water partition coefficient (Wildman–Crippen LogP) is 4.77.